The van der Waals surface area contributed by atoms with Gasteiger partial charge in [0.1, 0.15) is 5.82 Å². The van der Waals surface area contributed by atoms with E-state index in [-0.39, 0.29) is 11.6 Å². The van der Waals surface area contributed by atoms with Crippen molar-refractivity contribution in [3.8, 4) is 0 Å². The van der Waals surface area contributed by atoms with Crippen LogP contribution in [0.2, 0.25) is 5.02 Å². The van der Waals surface area contributed by atoms with Crippen LogP contribution in [0.5, 0.6) is 0 Å². The third kappa shape index (κ3) is 2.76. The van der Waals surface area contributed by atoms with Crippen molar-refractivity contribution in [3.63, 3.8) is 0 Å². The van der Waals surface area contributed by atoms with E-state index in [1.807, 2.05) is 0 Å². The number of nitrogens with zero attached hydrogens (tertiary/aromatic N) is 3. The number of halogens is 1. The predicted molar refractivity (Wildman–Crippen MR) is 89.4 cm³/mol. The van der Waals surface area contributed by atoms with Crippen molar-refractivity contribution < 1.29 is 0 Å². The third-order valence-corrected chi connectivity index (χ3v) is 4.63. The highest BCUT2D eigenvalue weighted by Gasteiger charge is 2.24. The number of hydrogen-bond donors (Lipinski definition) is 1. The molecule has 2 unspecified atom stereocenters. The summed E-state index contributed by atoms with van der Waals surface area (Å²) in [5.41, 5.74) is 0.646. The summed E-state index contributed by atoms with van der Waals surface area (Å²) >= 11 is 6.04. The quantitative estimate of drug-likeness (QED) is 0.919. The molecule has 0 amide bonds. The van der Waals surface area contributed by atoms with Gasteiger partial charge in [0.2, 0.25) is 0 Å². The number of benzene rings is 1. The highest BCUT2D eigenvalue weighted by atomic mass is 35.5. The first-order valence-corrected chi connectivity index (χ1v) is 7.99. The Morgan fingerprint density at radius 1 is 1.45 bits per heavy atom. The Labute approximate surface area is 134 Å². The Hall–Kier alpha value is -1.43. The molecule has 0 saturated carbocycles. The van der Waals surface area contributed by atoms with Gasteiger partial charge in [0, 0.05) is 37.7 Å². The van der Waals surface area contributed by atoms with Gasteiger partial charge in [0.25, 0.3) is 5.56 Å². The first-order valence-electron chi connectivity index (χ1n) is 7.61. The van der Waals surface area contributed by atoms with Crippen LogP contribution in [0.1, 0.15) is 25.7 Å². The SMILES string of the molecule is CC1CN(C(C)c2nc3cc(Cl)ccc3c(=O)n2C)CCN1. The van der Waals surface area contributed by atoms with Gasteiger partial charge in [0.05, 0.1) is 16.9 Å². The number of nitrogens with one attached hydrogen (secondary N) is 1. The second-order valence-corrected chi connectivity index (χ2v) is 6.46. The standard InChI is InChI=1S/C16H21ClN4O/c1-10-9-21(7-6-18-10)11(2)15-19-14-8-12(17)4-5-13(14)16(22)20(15)3/h4-5,8,10-11,18H,6-7,9H2,1-3H3. The molecule has 1 aromatic heterocycles. The van der Waals surface area contributed by atoms with Gasteiger partial charge in [-0.3, -0.25) is 14.3 Å². The van der Waals surface area contributed by atoms with Crippen LogP contribution in [0.4, 0.5) is 0 Å². The van der Waals surface area contributed by atoms with E-state index in [1.54, 1.807) is 29.8 Å². The zero-order valence-corrected chi connectivity index (χ0v) is 13.9. The topological polar surface area (TPSA) is 50.2 Å². The summed E-state index contributed by atoms with van der Waals surface area (Å²) in [7, 11) is 1.79. The first-order chi connectivity index (χ1) is 10.5. The molecular formula is C16H21ClN4O. The van der Waals surface area contributed by atoms with Gasteiger partial charge in [0.15, 0.2) is 0 Å². The minimum absolute atomic E-state index is 0.0216. The van der Waals surface area contributed by atoms with Crippen molar-refractivity contribution in [2.24, 2.45) is 7.05 Å². The Morgan fingerprint density at radius 3 is 2.95 bits per heavy atom. The molecule has 3 rings (SSSR count). The molecule has 1 saturated heterocycles. The predicted octanol–water partition coefficient (Wildman–Crippen LogP) is 1.94. The smallest absolute Gasteiger partial charge is 0.261 e. The Balaban J connectivity index is 2.06. The summed E-state index contributed by atoms with van der Waals surface area (Å²) in [5.74, 6) is 0.786. The maximum absolute atomic E-state index is 12.6. The fraction of sp³-hybridized carbons (Fsp3) is 0.500. The fourth-order valence-electron chi connectivity index (χ4n) is 3.11. The maximum Gasteiger partial charge on any atom is 0.261 e. The van der Waals surface area contributed by atoms with E-state index in [1.165, 1.54) is 0 Å². The number of hydrogen-bond acceptors (Lipinski definition) is 4. The van der Waals surface area contributed by atoms with Gasteiger partial charge in [-0.15, -0.1) is 0 Å². The summed E-state index contributed by atoms with van der Waals surface area (Å²) in [4.78, 5) is 19.6. The number of fused-ring (bicyclic) bond motifs is 1. The number of rotatable bonds is 2. The van der Waals surface area contributed by atoms with E-state index in [2.05, 4.69) is 24.1 Å². The van der Waals surface area contributed by atoms with Crippen LogP contribution in [0.15, 0.2) is 23.0 Å². The van der Waals surface area contributed by atoms with Crippen LogP contribution in [0.3, 0.4) is 0 Å². The lowest BCUT2D eigenvalue weighted by atomic mass is 10.1. The molecule has 0 radical (unpaired) electrons. The van der Waals surface area contributed by atoms with E-state index in [0.29, 0.717) is 22.0 Å². The molecule has 1 N–H and O–H groups in total. The van der Waals surface area contributed by atoms with Gasteiger partial charge in [-0.1, -0.05) is 11.6 Å². The van der Waals surface area contributed by atoms with E-state index >= 15 is 0 Å². The van der Waals surface area contributed by atoms with Crippen LogP contribution < -0.4 is 10.9 Å². The Kier molecular flexibility index (Phi) is 4.21. The number of aromatic nitrogens is 2. The first kappa shape index (κ1) is 15.5. The molecule has 0 spiro atoms. The van der Waals surface area contributed by atoms with Gasteiger partial charge >= 0.3 is 0 Å². The second-order valence-electron chi connectivity index (χ2n) is 6.02. The molecule has 22 heavy (non-hydrogen) atoms. The van der Waals surface area contributed by atoms with Crippen LogP contribution in [0.25, 0.3) is 10.9 Å². The van der Waals surface area contributed by atoms with Crippen LogP contribution in [0, 0.1) is 0 Å². The van der Waals surface area contributed by atoms with Crippen molar-refractivity contribution in [2.75, 3.05) is 19.6 Å². The normalized spacial score (nSPS) is 21.2. The van der Waals surface area contributed by atoms with E-state index in [0.717, 1.165) is 25.5 Å². The summed E-state index contributed by atoms with van der Waals surface area (Å²) in [6, 6.07) is 5.77. The summed E-state index contributed by atoms with van der Waals surface area (Å²) in [6.45, 7) is 7.14. The van der Waals surface area contributed by atoms with Crippen molar-refractivity contribution in [1.82, 2.24) is 19.8 Å². The molecule has 1 aliphatic rings. The number of piperazine rings is 1. The highest BCUT2D eigenvalue weighted by Crippen LogP contribution is 2.22. The van der Waals surface area contributed by atoms with Crippen molar-refractivity contribution in [1.29, 1.82) is 0 Å². The minimum atomic E-state index is -0.0216. The summed E-state index contributed by atoms with van der Waals surface area (Å²) in [6.07, 6.45) is 0. The fourth-order valence-corrected chi connectivity index (χ4v) is 3.28. The maximum atomic E-state index is 12.6. The highest BCUT2D eigenvalue weighted by molar-refractivity contribution is 6.31. The Morgan fingerprint density at radius 2 is 2.23 bits per heavy atom. The molecule has 1 fully saturated rings. The molecular weight excluding hydrogens is 300 g/mol. The average Bonchev–Trinajstić information content (AvgIpc) is 2.50. The van der Waals surface area contributed by atoms with Crippen LogP contribution in [-0.4, -0.2) is 40.1 Å². The summed E-state index contributed by atoms with van der Waals surface area (Å²) in [5, 5.41) is 4.64. The summed E-state index contributed by atoms with van der Waals surface area (Å²) < 4.78 is 1.66. The van der Waals surface area contributed by atoms with E-state index in [4.69, 9.17) is 16.6 Å². The molecule has 1 aromatic carbocycles. The van der Waals surface area contributed by atoms with Gasteiger partial charge < -0.3 is 5.32 Å². The zero-order valence-electron chi connectivity index (χ0n) is 13.1. The van der Waals surface area contributed by atoms with Gasteiger partial charge in [-0.25, -0.2) is 4.98 Å². The molecule has 0 aliphatic carbocycles. The zero-order chi connectivity index (χ0) is 15.9. The lowest BCUT2D eigenvalue weighted by Gasteiger charge is -2.36. The Bertz CT molecular complexity index is 758. The van der Waals surface area contributed by atoms with Gasteiger partial charge in [-0.2, -0.15) is 0 Å². The van der Waals surface area contributed by atoms with E-state index < -0.39 is 0 Å². The second kappa shape index (κ2) is 5.99. The van der Waals surface area contributed by atoms with Crippen LogP contribution >= 0.6 is 11.6 Å². The molecule has 118 valence electrons. The average molecular weight is 321 g/mol. The lowest BCUT2D eigenvalue weighted by Crippen LogP contribution is -2.50. The molecule has 0 bridgehead atoms. The van der Waals surface area contributed by atoms with Crippen LogP contribution in [-0.2, 0) is 7.05 Å². The van der Waals surface area contributed by atoms with Gasteiger partial charge in [-0.05, 0) is 32.0 Å². The molecule has 2 aromatic rings. The molecule has 6 heteroatoms. The monoisotopic (exact) mass is 320 g/mol. The lowest BCUT2D eigenvalue weighted by molar-refractivity contribution is 0.150. The largest absolute Gasteiger partial charge is 0.312 e. The van der Waals surface area contributed by atoms with Crippen molar-refractivity contribution in [2.45, 2.75) is 25.9 Å². The minimum Gasteiger partial charge on any atom is -0.312 e. The third-order valence-electron chi connectivity index (χ3n) is 4.40. The molecule has 2 atom stereocenters. The van der Waals surface area contributed by atoms with Crippen molar-refractivity contribution >= 4 is 22.5 Å². The van der Waals surface area contributed by atoms with Crippen molar-refractivity contribution in [3.05, 3.63) is 39.4 Å². The molecule has 2 heterocycles. The van der Waals surface area contributed by atoms with E-state index in [9.17, 15) is 4.79 Å². The molecule has 5 nitrogen and oxygen atoms in total. The molecule has 1 aliphatic heterocycles.